The lowest BCUT2D eigenvalue weighted by Gasteiger charge is -2.42. The molecule has 1 amide bonds. The molecule has 32 heavy (non-hydrogen) atoms. The van der Waals surface area contributed by atoms with Crippen molar-refractivity contribution >= 4 is 11.9 Å². The summed E-state index contributed by atoms with van der Waals surface area (Å²) in [6, 6.07) is 14.5. The number of nitrogens with zero attached hydrogens (tertiary/aromatic N) is 5. The van der Waals surface area contributed by atoms with Gasteiger partial charge in [-0.2, -0.15) is 0 Å². The second kappa shape index (κ2) is 8.34. The third-order valence-corrected chi connectivity index (χ3v) is 6.82. The van der Waals surface area contributed by atoms with Crippen LogP contribution in [0.25, 0.3) is 0 Å². The van der Waals surface area contributed by atoms with Gasteiger partial charge < -0.3 is 9.80 Å². The summed E-state index contributed by atoms with van der Waals surface area (Å²) in [4.78, 5) is 31.8. The lowest BCUT2D eigenvalue weighted by Crippen LogP contribution is -2.50. The summed E-state index contributed by atoms with van der Waals surface area (Å²) >= 11 is 0. The summed E-state index contributed by atoms with van der Waals surface area (Å²) < 4.78 is 0. The van der Waals surface area contributed by atoms with Crippen molar-refractivity contribution in [2.75, 3.05) is 18.0 Å². The monoisotopic (exact) mass is 427 g/mol. The molecule has 1 saturated heterocycles. The standard InChI is InChI=1S/C26H29N5O/c1-19-14-20(2)29-25(28-19)30-12-9-26(10-13-30)15-22-7-3-4-8-23(22)18-31(24(26)32)17-21-6-5-11-27-16-21/h3-8,11,14,16H,9-10,12-13,15,17-18H2,1-2H3. The van der Waals surface area contributed by atoms with Crippen LogP contribution in [-0.2, 0) is 24.3 Å². The summed E-state index contributed by atoms with van der Waals surface area (Å²) in [5, 5.41) is 0. The lowest BCUT2D eigenvalue weighted by atomic mass is 9.73. The topological polar surface area (TPSA) is 62.2 Å². The number of aryl methyl sites for hydroxylation is 2. The summed E-state index contributed by atoms with van der Waals surface area (Å²) in [5.41, 5.74) is 5.19. The first-order chi connectivity index (χ1) is 15.5. The fraction of sp³-hybridized carbons (Fsp3) is 0.385. The van der Waals surface area contributed by atoms with E-state index in [9.17, 15) is 4.79 Å². The van der Waals surface area contributed by atoms with Crippen LogP contribution in [0.3, 0.4) is 0 Å². The smallest absolute Gasteiger partial charge is 0.229 e. The predicted octanol–water partition coefficient (Wildman–Crippen LogP) is 3.86. The average Bonchev–Trinajstić information content (AvgIpc) is 2.90. The van der Waals surface area contributed by atoms with Gasteiger partial charge in [0.1, 0.15) is 0 Å². The minimum absolute atomic E-state index is 0.263. The second-order valence-corrected chi connectivity index (χ2v) is 9.19. The number of carbonyl (C=O) groups is 1. The number of hydrogen-bond donors (Lipinski definition) is 0. The lowest BCUT2D eigenvalue weighted by molar-refractivity contribution is -0.144. The highest BCUT2D eigenvalue weighted by Crippen LogP contribution is 2.41. The van der Waals surface area contributed by atoms with Crippen LogP contribution in [0.1, 0.15) is 40.9 Å². The minimum Gasteiger partial charge on any atom is -0.341 e. The maximum absolute atomic E-state index is 14.0. The summed E-state index contributed by atoms with van der Waals surface area (Å²) in [7, 11) is 0. The number of piperidine rings is 1. The van der Waals surface area contributed by atoms with Gasteiger partial charge in [-0.1, -0.05) is 30.3 Å². The van der Waals surface area contributed by atoms with Gasteiger partial charge in [0.25, 0.3) is 0 Å². The molecule has 5 rings (SSSR count). The molecule has 0 saturated carbocycles. The van der Waals surface area contributed by atoms with E-state index in [2.05, 4.69) is 44.1 Å². The van der Waals surface area contributed by atoms with Crippen molar-refractivity contribution in [3.05, 3.63) is 82.9 Å². The largest absolute Gasteiger partial charge is 0.341 e. The number of rotatable bonds is 3. The van der Waals surface area contributed by atoms with Gasteiger partial charge in [-0.05, 0) is 61.9 Å². The zero-order valence-corrected chi connectivity index (χ0v) is 18.8. The van der Waals surface area contributed by atoms with Crippen LogP contribution in [0.4, 0.5) is 5.95 Å². The number of carbonyl (C=O) groups excluding carboxylic acids is 1. The van der Waals surface area contributed by atoms with Crippen molar-refractivity contribution in [2.45, 2.75) is 46.2 Å². The molecule has 3 aromatic rings. The molecule has 6 heteroatoms. The van der Waals surface area contributed by atoms with E-state index in [0.717, 1.165) is 55.3 Å². The van der Waals surface area contributed by atoms with E-state index in [0.29, 0.717) is 13.1 Å². The second-order valence-electron chi connectivity index (χ2n) is 9.19. The van der Waals surface area contributed by atoms with Gasteiger partial charge in [0.15, 0.2) is 0 Å². The molecule has 0 atom stereocenters. The average molecular weight is 428 g/mol. The molecular weight excluding hydrogens is 398 g/mol. The first-order valence-electron chi connectivity index (χ1n) is 11.3. The number of anilines is 1. The Morgan fingerprint density at radius 3 is 2.38 bits per heavy atom. The molecule has 0 radical (unpaired) electrons. The Morgan fingerprint density at radius 1 is 0.969 bits per heavy atom. The molecule has 164 valence electrons. The quantitative estimate of drug-likeness (QED) is 0.635. The minimum atomic E-state index is -0.385. The molecule has 2 aromatic heterocycles. The van der Waals surface area contributed by atoms with Crippen LogP contribution in [0.2, 0.25) is 0 Å². The Kier molecular flexibility index (Phi) is 5.37. The fourth-order valence-corrected chi connectivity index (χ4v) is 5.15. The van der Waals surface area contributed by atoms with Gasteiger partial charge in [-0.3, -0.25) is 9.78 Å². The first-order valence-corrected chi connectivity index (χ1v) is 11.3. The first kappa shape index (κ1) is 20.6. The number of pyridine rings is 1. The molecule has 0 N–H and O–H groups in total. The third kappa shape index (κ3) is 3.97. The van der Waals surface area contributed by atoms with Gasteiger partial charge in [-0.25, -0.2) is 9.97 Å². The maximum atomic E-state index is 14.0. The highest BCUT2D eigenvalue weighted by molar-refractivity contribution is 5.84. The van der Waals surface area contributed by atoms with E-state index in [4.69, 9.17) is 0 Å². The Hall–Kier alpha value is -3.28. The van der Waals surface area contributed by atoms with E-state index in [1.54, 1.807) is 6.20 Å². The molecule has 6 nitrogen and oxygen atoms in total. The number of hydrogen-bond acceptors (Lipinski definition) is 5. The van der Waals surface area contributed by atoms with Crippen molar-refractivity contribution in [3.63, 3.8) is 0 Å². The van der Waals surface area contributed by atoms with Gasteiger partial charge >= 0.3 is 0 Å². The molecule has 2 aliphatic heterocycles. The molecular formula is C26H29N5O. The number of benzene rings is 1. The van der Waals surface area contributed by atoms with Gasteiger partial charge in [-0.15, -0.1) is 0 Å². The van der Waals surface area contributed by atoms with Crippen LogP contribution >= 0.6 is 0 Å². The van der Waals surface area contributed by atoms with Crippen LogP contribution in [0.5, 0.6) is 0 Å². The van der Waals surface area contributed by atoms with E-state index >= 15 is 0 Å². The Bertz CT molecular complexity index is 1100. The van der Waals surface area contributed by atoms with Gasteiger partial charge in [0, 0.05) is 50.0 Å². The molecule has 0 unspecified atom stereocenters. The summed E-state index contributed by atoms with van der Waals surface area (Å²) in [6.07, 6.45) is 6.04. The molecule has 2 aliphatic rings. The van der Waals surface area contributed by atoms with Crippen LogP contribution < -0.4 is 4.90 Å². The van der Waals surface area contributed by atoms with E-state index < -0.39 is 0 Å². The third-order valence-electron chi connectivity index (χ3n) is 6.82. The summed E-state index contributed by atoms with van der Waals surface area (Å²) in [6.45, 7) is 6.83. The summed E-state index contributed by atoms with van der Waals surface area (Å²) in [5.74, 6) is 1.05. The molecule has 1 aromatic carbocycles. The Balaban J connectivity index is 1.43. The van der Waals surface area contributed by atoms with Gasteiger partial charge in [0.05, 0.1) is 5.41 Å². The van der Waals surface area contributed by atoms with E-state index in [1.165, 1.54) is 11.1 Å². The predicted molar refractivity (Wildman–Crippen MR) is 124 cm³/mol. The number of amides is 1. The van der Waals surface area contributed by atoms with Gasteiger partial charge in [0.2, 0.25) is 11.9 Å². The zero-order chi connectivity index (χ0) is 22.1. The zero-order valence-electron chi connectivity index (χ0n) is 18.8. The van der Waals surface area contributed by atoms with Crippen LogP contribution in [0, 0.1) is 19.3 Å². The van der Waals surface area contributed by atoms with Crippen molar-refractivity contribution < 1.29 is 4.79 Å². The van der Waals surface area contributed by atoms with Crippen LogP contribution in [-0.4, -0.2) is 38.8 Å². The molecule has 1 spiro atoms. The van der Waals surface area contributed by atoms with Crippen molar-refractivity contribution in [3.8, 4) is 0 Å². The highest BCUT2D eigenvalue weighted by Gasteiger charge is 2.46. The van der Waals surface area contributed by atoms with Crippen LogP contribution in [0.15, 0.2) is 54.9 Å². The number of aromatic nitrogens is 3. The SMILES string of the molecule is Cc1cc(C)nc(N2CCC3(CC2)Cc2ccccc2CN(Cc2cccnc2)C3=O)n1. The number of fused-ring (bicyclic) bond motifs is 1. The van der Waals surface area contributed by atoms with E-state index in [-0.39, 0.29) is 11.3 Å². The fourth-order valence-electron chi connectivity index (χ4n) is 5.15. The molecule has 0 bridgehead atoms. The maximum Gasteiger partial charge on any atom is 0.229 e. The Morgan fingerprint density at radius 2 is 1.69 bits per heavy atom. The van der Waals surface area contributed by atoms with Crippen molar-refractivity contribution in [2.24, 2.45) is 5.41 Å². The van der Waals surface area contributed by atoms with E-state index in [1.807, 2.05) is 43.1 Å². The van der Waals surface area contributed by atoms with Crippen molar-refractivity contribution in [1.29, 1.82) is 0 Å². The molecule has 1 fully saturated rings. The molecule has 0 aliphatic carbocycles. The highest BCUT2D eigenvalue weighted by atomic mass is 16.2. The van der Waals surface area contributed by atoms with Crippen molar-refractivity contribution in [1.82, 2.24) is 19.9 Å². The molecule has 4 heterocycles. The normalized spacial score (nSPS) is 17.9. The Labute approximate surface area is 189 Å².